The molecule has 8 nitrogen and oxygen atoms in total. The Morgan fingerprint density at radius 1 is 1.28 bits per heavy atom. The number of carbonyl (C=O) groups is 1. The quantitative estimate of drug-likeness (QED) is 0.820. The first kappa shape index (κ1) is 17.0. The molecule has 25 heavy (non-hydrogen) atoms. The first-order valence-corrected chi connectivity index (χ1v) is 11.0. The average molecular weight is 401 g/mol. The first-order chi connectivity index (χ1) is 12.0. The number of nitrogens with zero attached hydrogens (tertiary/aromatic N) is 3. The van der Waals surface area contributed by atoms with Gasteiger partial charge >= 0.3 is 0 Å². The van der Waals surface area contributed by atoms with Gasteiger partial charge in [0.15, 0.2) is 0 Å². The third kappa shape index (κ3) is 3.60. The maximum atomic E-state index is 12.6. The van der Waals surface area contributed by atoms with Crippen molar-refractivity contribution < 1.29 is 17.9 Å². The van der Waals surface area contributed by atoms with Crippen molar-refractivity contribution in [3.05, 3.63) is 21.3 Å². The smallest absolute Gasteiger partial charge is 0.267 e. The Morgan fingerprint density at radius 3 is 2.76 bits per heavy atom. The number of nitrogens with one attached hydrogen (secondary N) is 1. The molecule has 2 aromatic rings. The highest BCUT2D eigenvalue weighted by molar-refractivity contribution is 7.89. The molecule has 3 heterocycles. The van der Waals surface area contributed by atoms with Crippen LogP contribution >= 0.6 is 22.7 Å². The van der Waals surface area contributed by atoms with E-state index in [1.54, 1.807) is 0 Å². The van der Waals surface area contributed by atoms with Crippen LogP contribution in [0.1, 0.15) is 33.4 Å². The second kappa shape index (κ2) is 6.72. The van der Waals surface area contributed by atoms with E-state index in [0.29, 0.717) is 42.2 Å². The molecule has 1 amide bonds. The number of hydrogen-bond donors (Lipinski definition) is 1. The van der Waals surface area contributed by atoms with Crippen LogP contribution < -0.4 is 5.32 Å². The lowest BCUT2D eigenvalue weighted by atomic mass is 10.4. The molecule has 0 spiro atoms. The average Bonchev–Trinajstić information content (AvgIpc) is 3.15. The highest BCUT2D eigenvalue weighted by Crippen LogP contribution is 2.42. The van der Waals surface area contributed by atoms with E-state index in [1.807, 2.05) is 0 Å². The summed E-state index contributed by atoms with van der Waals surface area (Å²) in [5, 5.41) is 13.6. The summed E-state index contributed by atoms with van der Waals surface area (Å²) in [6, 6.07) is 1.41. The molecule has 1 aliphatic heterocycles. The van der Waals surface area contributed by atoms with Gasteiger partial charge in [-0.05, 0) is 18.9 Å². The fraction of sp³-hybridized carbons (Fsp3) is 0.500. The van der Waals surface area contributed by atoms with Gasteiger partial charge in [0.05, 0.1) is 23.0 Å². The number of anilines is 1. The van der Waals surface area contributed by atoms with Gasteiger partial charge < -0.3 is 4.74 Å². The van der Waals surface area contributed by atoms with Crippen molar-refractivity contribution in [2.24, 2.45) is 0 Å². The Hall–Kier alpha value is -1.40. The fourth-order valence-electron chi connectivity index (χ4n) is 2.45. The van der Waals surface area contributed by atoms with Gasteiger partial charge in [0, 0.05) is 24.4 Å². The first-order valence-electron chi connectivity index (χ1n) is 7.85. The molecule has 0 unspecified atom stereocenters. The lowest BCUT2D eigenvalue weighted by Crippen LogP contribution is -2.40. The normalized spacial score (nSPS) is 19.0. The number of carbonyl (C=O) groups excluding carboxylic acids is 1. The molecule has 1 N–H and O–H groups in total. The Kier molecular flexibility index (Phi) is 4.58. The Bertz CT molecular complexity index is 882. The Labute approximate surface area is 152 Å². The highest BCUT2D eigenvalue weighted by Gasteiger charge is 2.29. The summed E-state index contributed by atoms with van der Waals surface area (Å²) >= 11 is 2.47. The van der Waals surface area contributed by atoms with Crippen molar-refractivity contribution >= 4 is 43.7 Å². The van der Waals surface area contributed by atoms with Gasteiger partial charge in [-0.25, -0.2) is 8.42 Å². The third-order valence-electron chi connectivity index (χ3n) is 3.99. The van der Waals surface area contributed by atoms with E-state index in [2.05, 4.69) is 15.5 Å². The van der Waals surface area contributed by atoms with Crippen LogP contribution in [0, 0.1) is 0 Å². The number of ether oxygens (including phenoxy) is 1. The van der Waals surface area contributed by atoms with E-state index >= 15 is 0 Å². The fourth-order valence-corrected chi connectivity index (χ4v) is 5.92. The molecule has 134 valence electrons. The van der Waals surface area contributed by atoms with Crippen molar-refractivity contribution in [2.75, 3.05) is 31.6 Å². The van der Waals surface area contributed by atoms with E-state index in [1.165, 1.54) is 27.1 Å². The van der Waals surface area contributed by atoms with Crippen LogP contribution in [0.25, 0.3) is 0 Å². The van der Waals surface area contributed by atoms with Crippen LogP contribution in [0.5, 0.6) is 0 Å². The number of sulfonamides is 1. The van der Waals surface area contributed by atoms with Gasteiger partial charge in [-0.1, -0.05) is 11.3 Å². The van der Waals surface area contributed by atoms with Gasteiger partial charge in [0.2, 0.25) is 15.2 Å². The SMILES string of the molecule is O=C(Nc1nnc(C2CC2)s1)c1cc(S(=O)(=O)N2CCOCC2)cs1. The summed E-state index contributed by atoms with van der Waals surface area (Å²) in [5.41, 5.74) is 0. The molecular weight excluding hydrogens is 384 g/mol. The Balaban J connectivity index is 1.46. The van der Waals surface area contributed by atoms with Crippen molar-refractivity contribution in [2.45, 2.75) is 23.7 Å². The zero-order valence-corrected chi connectivity index (χ0v) is 15.6. The number of hydrogen-bond acceptors (Lipinski definition) is 8. The van der Waals surface area contributed by atoms with Crippen molar-refractivity contribution in [1.29, 1.82) is 0 Å². The van der Waals surface area contributed by atoms with Crippen molar-refractivity contribution in [3.8, 4) is 0 Å². The van der Waals surface area contributed by atoms with Crippen LogP contribution in [0.3, 0.4) is 0 Å². The lowest BCUT2D eigenvalue weighted by Gasteiger charge is -2.25. The van der Waals surface area contributed by atoms with Crippen molar-refractivity contribution in [1.82, 2.24) is 14.5 Å². The molecule has 1 saturated heterocycles. The minimum atomic E-state index is -3.59. The minimum Gasteiger partial charge on any atom is -0.379 e. The van der Waals surface area contributed by atoms with E-state index < -0.39 is 10.0 Å². The predicted molar refractivity (Wildman–Crippen MR) is 93.7 cm³/mol. The van der Waals surface area contributed by atoms with Crippen LogP contribution in [0.15, 0.2) is 16.3 Å². The molecule has 4 rings (SSSR count). The topological polar surface area (TPSA) is 101 Å². The molecule has 2 aromatic heterocycles. The molecule has 1 aliphatic carbocycles. The monoisotopic (exact) mass is 400 g/mol. The summed E-state index contributed by atoms with van der Waals surface area (Å²) in [5.74, 6) is 0.113. The number of aromatic nitrogens is 2. The zero-order valence-electron chi connectivity index (χ0n) is 13.2. The molecular formula is C14H16N4O4S3. The second-order valence-electron chi connectivity index (χ2n) is 5.84. The number of morpholine rings is 1. The van der Waals surface area contributed by atoms with E-state index in [-0.39, 0.29) is 10.8 Å². The molecule has 0 radical (unpaired) electrons. The molecule has 0 bridgehead atoms. The van der Waals surface area contributed by atoms with Gasteiger partial charge in [-0.3, -0.25) is 10.1 Å². The summed E-state index contributed by atoms with van der Waals surface area (Å²) in [6.07, 6.45) is 2.24. The van der Waals surface area contributed by atoms with E-state index in [4.69, 9.17) is 4.74 Å². The van der Waals surface area contributed by atoms with Gasteiger partial charge in [-0.15, -0.1) is 21.5 Å². The van der Waals surface area contributed by atoms with Crippen LogP contribution in [0.4, 0.5) is 5.13 Å². The summed E-state index contributed by atoms with van der Waals surface area (Å²) < 4.78 is 31.7. The van der Waals surface area contributed by atoms with Gasteiger partial charge in [0.25, 0.3) is 5.91 Å². The number of rotatable bonds is 5. The number of amides is 1. The second-order valence-corrected chi connectivity index (χ2v) is 9.70. The summed E-state index contributed by atoms with van der Waals surface area (Å²) in [7, 11) is -3.59. The van der Waals surface area contributed by atoms with Crippen LogP contribution in [0.2, 0.25) is 0 Å². The molecule has 11 heteroatoms. The third-order valence-corrected chi connectivity index (χ3v) is 7.95. The molecule has 0 atom stereocenters. The largest absolute Gasteiger partial charge is 0.379 e. The minimum absolute atomic E-state index is 0.139. The molecule has 2 aliphatic rings. The predicted octanol–water partition coefficient (Wildman–Crippen LogP) is 1.75. The highest BCUT2D eigenvalue weighted by atomic mass is 32.2. The standard InChI is InChI=1S/C14H16N4O4S3/c19-12(15-14-17-16-13(24-14)9-1-2-9)11-7-10(8-23-11)25(20,21)18-3-5-22-6-4-18/h7-9H,1-6H2,(H,15,17,19). The van der Waals surface area contributed by atoms with Crippen LogP contribution in [-0.4, -0.2) is 55.1 Å². The lowest BCUT2D eigenvalue weighted by molar-refractivity contribution is 0.0730. The summed E-state index contributed by atoms with van der Waals surface area (Å²) in [4.78, 5) is 12.8. The summed E-state index contributed by atoms with van der Waals surface area (Å²) in [6.45, 7) is 1.43. The van der Waals surface area contributed by atoms with Gasteiger partial charge in [0.1, 0.15) is 5.01 Å². The van der Waals surface area contributed by atoms with Gasteiger partial charge in [-0.2, -0.15) is 4.31 Å². The Morgan fingerprint density at radius 2 is 2.04 bits per heavy atom. The van der Waals surface area contributed by atoms with E-state index in [0.717, 1.165) is 29.2 Å². The molecule has 2 fully saturated rings. The zero-order chi connectivity index (χ0) is 17.4. The van der Waals surface area contributed by atoms with E-state index in [9.17, 15) is 13.2 Å². The maximum absolute atomic E-state index is 12.6. The molecule has 1 saturated carbocycles. The maximum Gasteiger partial charge on any atom is 0.267 e. The van der Waals surface area contributed by atoms with Crippen molar-refractivity contribution in [3.63, 3.8) is 0 Å². The molecule has 0 aromatic carbocycles. The van der Waals surface area contributed by atoms with Crippen LogP contribution in [-0.2, 0) is 14.8 Å². The number of thiophene rings is 1.